The van der Waals surface area contributed by atoms with Crippen LogP contribution >= 0.6 is 0 Å². The summed E-state index contributed by atoms with van der Waals surface area (Å²) in [6.07, 6.45) is 6.07. The van der Waals surface area contributed by atoms with E-state index in [-0.39, 0.29) is 22.9 Å². The molecule has 24 heavy (non-hydrogen) atoms. The summed E-state index contributed by atoms with van der Waals surface area (Å²) in [5, 5.41) is 0. The third-order valence-corrected chi connectivity index (χ3v) is 6.38. The minimum atomic E-state index is -0.108. The molecule has 1 aromatic rings. The summed E-state index contributed by atoms with van der Waals surface area (Å²) in [5.41, 5.74) is 2.05. The van der Waals surface area contributed by atoms with Crippen molar-refractivity contribution in [3.05, 3.63) is 47.0 Å². The van der Waals surface area contributed by atoms with Crippen LogP contribution in [-0.2, 0) is 11.2 Å². The van der Waals surface area contributed by atoms with Gasteiger partial charge in [0.1, 0.15) is 5.78 Å². The van der Waals surface area contributed by atoms with Gasteiger partial charge < -0.3 is 0 Å². The largest absolute Gasteiger partial charge is 0.299 e. The van der Waals surface area contributed by atoms with E-state index in [2.05, 4.69) is 20.8 Å². The van der Waals surface area contributed by atoms with Crippen molar-refractivity contribution in [2.24, 2.45) is 17.3 Å². The number of hydrogen-bond donors (Lipinski definition) is 0. The van der Waals surface area contributed by atoms with Crippen LogP contribution in [0.5, 0.6) is 0 Å². The average molecular weight is 324 g/mol. The zero-order valence-corrected chi connectivity index (χ0v) is 14.6. The van der Waals surface area contributed by atoms with Gasteiger partial charge in [-0.3, -0.25) is 14.4 Å². The molecule has 3 nitrogen and oxygen atoms in total. The summed E-state index contributed by atoms with van der Waals surface area (Å²) in [6.45, 7) is 6.51. The topological polar surface area (TPSA) is 51.2 Å². The molecule has 0 unspecified atom stereocenters. The van der Waals surface area contributed by atoms with E-state index in [0.29, 0.717) is 29.2 Å². The highest BCUT2D eigenvalue weighted by Crippen LogP contribution is 2.46. The van der Waals surface area contributed by atoms with Crippen molar-refractivity contribution in [1.82, 2.24) is 0 Å². The van der Waals surface area contributed by atoms with Crippen LogP contribution in [0.1, 0.15) is 66.3 Å². The monoisotopic (exact) mass is 324 g/mol. The van der Waals surface area contributed by atoms with Crippen molar-refractivity contribution in [1.29, 1.82) is 0 Å². The summed E-state index contributed by atoms with van der Waals surface area (Å²) in [6, 6.07) is 5.55. The first kappa shape index (κ1) is 16.8. The fourth-order valence-electron chi connectivity index (χ4n) is 4.07. The number of benzene rings is 1. The molecular weight excluding hydrogens is 300 g/mol. The number of carbonyl (C=O) groups excluding carboxylic acids is 3. The van der Waals surface area contributed by atoms with Gasteiger partial charge in [0.25, 0.3) is 0 Å². The van der Waals surface area contributed by atoms with E-state index >= 15 is 0 Å². The lowest BCUT2D eigenvalue weighted by molar-refractivity contribution is -0.132. The number of Topliss-reactive ketones (excluding diaryl/α,β-unsaturated/α-hetero) is 1. The summed E-state index contributed by atoms with van der Waals surface area (Å²) >= 11 is 0. The Bertz CT molecular complexity index is 743. The molecule has 1 fully saturated rings. The molecule has 0 heterocycles. The van der Waals surface area contributed by atoms with Crippen LogP contribution in [0.25, 0.3) is 0 Å². The summed E-state index contributed by atoms with van der Waals surface area (Å²) < 4.78 is 0. The number of allylic oxidation sites excluding steroid dienone is 2. The van der Waals surface area contributed by atoms with Gasteiger partial charge in [-0.05, 0) is 54.4 Å². The molecule has 3 atom stereocenters. The first-order valence-electron chi connectivity index (χ1n) is 8.75. The van der Waals surface area contributed by atoms with Crippen LogP contribution in [-0.4, -0.2) is 17.3 Å². The van der Waals surface area contributed by atoms with E-state index in [9.17, 15) is 14.4 Å². The quantitative estimate of drug-likeness (QED) is 0.837. The first-order chi connectivity index (χ1) is 11.3. The van der Waals surface area contributed by atoms with Gasteiger partial charge in [-0.1, -0.05) is 32.9 Å². The maximum absolute atomic E-state index is 12.1. The lowest BCUT2D eigenvalue weighted by atomic mass is 9.59. The smallest absolute Gasteiger partial charge is 0.186 e. The van der Waals surface area contributed by atoms with E-state index in [1.54, 1.807) is 6.07 Å². The highest BCUT2D eigenvalue weighted by atomic mass is 16.1. The first-order valence-corrected chi connectivity index (χ1v) is 8.75. The second kappa shape index (κ2) is 6.12. The number of carbonyl (C=O) groups is 3. The van der Waals surface area contributed by atoms with Crippen LogP contribution < -0.4 is 0 Å². The van der Waals surface area contributed by atoms with Gasteiger partial charge in [-0.25, -0.2) is 0 Å². The predicted molar refractivity (Wildman–Crippen MR) is 93.2 cm³/mol. The molecule has 0 aliphatic heterocycles. The van der Waals surface area contributed by atoms with Gasteiger partial charge in [0.2, 0.25) is 0 Å². The second-order valence-corrected chi connectivity index (χ2v) is 7.58. The van der Waals surface area contributed by atoms with Gasteiger partial charge in [-0.2, -0.15) is 0 Å². The number of aryl methyl sites for hydroxylation is 1. The standard InChI is InChI=1S/C21H24O3/c1-13-4-7-18(22)14(2)21(13,3)11-10-15-5-6-16-17(12-15)20(24)9-8-19(16)23/h5-6,8-9,12-14H,4,7,10-11H2,1-3H3/t13-,14+,21+/m0/s1. The molecule has 0 amide bonds. The Morgan fingerprint density at radius 2 is 1.71 bits per heavy atom. The molecule has 0 N–H and O–H groups in total. The minimum absolute atomic E-state index is 0.00896. The lowest BCUT2D eigenvalue weighted by Crippen LogP contribution is -2.41. The SMILES string of the molecule is C[C@@H]1C(=O)CC[C@H](C)[C@@]1(C)CCc1ccc2c(c1)C(=O)C=CC2=O. The van der Waals surface area contributed by atoms with E-state index in [1.165, 1.54) is 12.2 Å². The van der Waals surface area contributed by atoms with Gasteiger partial charge in [0.05, 0.1) is 0 Å². The Morgan fingerprint density at radius 3 is 2.42 bits per heavy atom. The molecule has 0 bridgehead atoms. The van der Waals surface area contributed by atoms with Crippen molar-refractivity contribution in [3.8, 4) is 0 Å². The van der Waals surface area contributed by atoms with Crippen molar-refractivity contribution in [3.63, 3.8) is 0 Å². The molecular formula is C21H24O3. The fraction of sp³-hybridized carbons (Fsp3) is 0.476. The van der Waals surface area contributed by atoms with Crippen LogP contribution in [0.3, 0.4) is 0 Å². The molecule has 1 aromatic carbocycles. The van der Waals surface area contributed by atoms with Gasteiger partial charge in [0.15, 0.2) is 11.6 Å². The molecule has 1 saturated carbocycles. The van der Waals surface area contributed by atoms with Gasteiger partial charge in [-0.15, -0.1) is 0 Å². The van der Waals surface area contributed by atoms with Crippen molar-refractivity contribution in [2.75, 3.05) is 0 Å². The average Bonchev–Trinajstić information content (AvgIpc) is 2.58. The summed E-state index contributed by atoms with van der Waals surface area (Å²) in [4.78, 5) is 36.0. The molecule has 0 saturated heterocycles. The lowest BCUT2D eigenvalue weighted by Gasteiger charge is -2.44. The molecule has 0 radical (unpaired) electrons. The van der Waals surface area contributed by atoms with Crippen LogP contribution in [0.4, 0.5) is 0 Å². The van der Waals surface area contributed by atoms with Crippen molar-refractivity contribution in [2.45, 2.75) is 46.5 Å². The fourth-order valence-corrected chi connectivity index (χ4v) is 4.07. The van der Waals surface area contributed by atoms with E-state index < -0.39 is 0 Å². The maximum atomic E-state index is 12.1. The highest BCUT2D eigenvalue weighted by molar-refractivity contribution is 6.22. The summed E-state index contributed by atoms with van der Waals surface area (Å²) in [5.74, 6) is 0.737. The second-order valence-electron chi connectivity index (χ2n) is 7.58. The zero-order chi connectivity index (χ0) is 17.5. The van der Waals surface area contributed by atoms with Crippen LogP contribution in [0.15, 0.2) is 30.4 Å². The third-order valence-electron chi connectivity index (χ3n) is 6.38. The number of hydrogen-bond acceptors (Lipinski definition) is 3. The van der Waals surface area contributed by atoms with E-state index in [4.69, 9.17) is 0 Å². The molecule has 0 aromatic heterocycles. The molecule has 3 heteroatoms. The predicted octanol–water partition coefficient (Wildman–Crippen LogP) is 4.20. The molecule has 2 aliphatic rings. The zero-order valence-electron chi connectivity index (χ0n) is 14.6. The maximum Gasteiger partial charge on any atom is 0.186 e. The number of fused-ring (bicyclic) bond motifs is 1. The van der Waals surface area contributed by atoms with E-state index in [1.807, 2.05) is 12.1 Å². The van der Waals surface area contributed by atoms with Gasteiger partial charge in [0, 0.05) is 23.5 Å². The minimum Gasteiger partial charge on any atom is -0.299 e. The summed E-state index contributed by atoms with van der Waals surface area (Å²) in [7, 11) is 0. The van der Waals surface area contributed by atoms with Crippen molar-refractivity contribution >= 4 is 17.3 Å². The van der Waals surface area contributed by atoms with Crippen LogP contribution in [0.2, 0.25) is 0 Å². The highest BCUT2D eigenvalue weighted by Gasteiger charge is 2.43. The molecule has 2 aliphatic carbocycles. The Morgan fingerprint density at radius 1 is 1.04 bits per heavy atom. The van der Waals surface area contributed by atoms with Crippen molar-refractivity contribution < 1.29 is 14.4 Å². The van der Waals surface area contributed by atoms with E-state index in [0.717, 1.165) is 24.8 Å². The number of rotatable bonds is 3. The third kappa shape index (κ3) is 2.77. The molecule has 3 rings (SSSR count). The van der Waals surface area contributed by atoms with Gasteiger partial charge >= 0.3 is 0 Å². The Hall–Kier alpha value is -2.03. The normalized spacial score (nSPS) is 29.7. The Labute approximate surface area is 143 Å². The Kier molecular flexibility index (Phi) is 4.29. The molecule has 0 spiro atoms. The van der Waals surface area contributed by atoms with Crippen LogP contribution in [0, 0.1) is 17.3 Å². The number of ketones is 3. The Balaban J connectivity index is 1.80. The molecule has 126 valence electrons.